The van der Waals surface area contributed by atoms with Crippen LogP contribution in [-0.4, -0.2) is 0 Å². The summed E-state index contributed by atoms with van der Waals surface area (Å²) in [5.41, 5.74) is 0. The fourth-order valence-corrected chi connectivity index (χ4v) is 1.02. The van der Waals surface area contributed by atoms with Crippen LogP contribution in [0.1, 0.15) is 26.2 Å². The molecule has 1 aromatic carbocycles. The van der Waals surface area contributed by atoms with Gasteiger partial charge in [-0.05, 0) is 18.6 Å². The molecule has 17 heavy (non-hydrogen) atoms. The van der Waals surface area contributed by atoms with Crippen molar-refractivity contribution in [3.63, 3.8) is 0 Å². The Bertz CT molecular complexity index is 312. The van der Waals surface area contributed by atoms with Crippen molar-refractivity contribution in [2.24, 2.45) is 0 Å². The minimum Gasteiger partial charge on any atom is -0.311 e. The first-order valence-electron chi connectivity index (χ1n) is 5.40. The Balaban J connectivity index is 1.99. The zero-order valence-corrected chi connectivity index (χ0v) is 9.76. The van der Waals surface area contributed by atoms with Crippen LogP contribution in [0.3, 0.4) is 0 Å². The summed E-state index contributed by atoms with van der Waals surface area (Å²) in [6.07, 6.45) is 2.74. The summed E-state index contributed by atoms with van der Waals surface area (Å²) in [6.45, 7) is 5.70. The maximum Gasteiger partial charge on any atom is 0.168 e. The van der Waals surface area contributed by atoms with Crippen LogP contribution in [0.4, 0.5) is 0 Å². The number of benzene rings is 1. The van der Waals surface area contributed by atoms with E-state index in [0.29, 0.717) is 17.9 Å². The van der Waals surface area contributed by atoms with Gasteiger partial charge in [0.05, 0.1) is 0 Å². The fourth-order valence-electron chi connectivity index (χ4n) is 1.02. The molecule has 0 aliphatic heterocycles. The van der Waals surface area contributed by atoms with Gasteiger partial charge in [0.15, 0.2) is 5.75 Å². The molecule has 0 aromatic heterocycles. The zero-order chi connectivity index (χ0) is 12.3. The molecule has 0 bridgehead atoms. The second-order valence-electron chi connectivity index (χ2n) is 3.33. The lowest BCUT2D eigenvalue weighted by Gasteiger charge is -2.04. The molecular weight excluding hydrogens is 224 g/mol. The van der Waals surface area contributed by atoms with Gasteiger partial charge in [0, 0.05) is 21.5 Å². The maximum atomic E-state index is 4.71. The first-order valence-corrected chi connectivity index (χ1v) is 5.40. The van der Waals surface area contributed by atoms with E-state index in [0.717, 1.165) is 12.8 Å². The van der Waals surface area contributed by atoms with Crippen molar-refractivity contribution in [1.29, 1.82) is 0 Å². The molecule has 1 rings (SSSR count). The summed E-state index contributed by atoms with van der Waals surface area (Å²) in [6, 6.07) is 8.84. The van der Waals surface area contributed by atoms with Crippen molar-refractivity contribution >= 4 is 0 Å². The summed E-state index contributed by atoms with van der Waals surface area (Å²) in [7, 11) is 0. The monoisotopic (exact) mass is 240 g/mol. The lowest BCUT2D eigenvalue weighted by molar-refractivity contribution is -0.684. The smallest absolute Gasteiger partial charge is 0.168 e. The Morgan fingerprint density at radius 3 is 2.59 bits per heavy atom. The van der Waals surface area contributed by atoms with Gasteiger partial charge in [-0.15, -0.1) is 0 Å². The van der Waals surface area contributed by atoms with E-state index in [1.807, 2.05) is 6.07 Å². The van der Waals surface area contributed by atoms with Crippen molar-refractivity contribution in [2.75, 3.05) is 0 Å². The molecule has 5 nitrogen and oxygen atoms in total. The highest BCUT2D eigenvalue weighted by molar-refractivity contribution is 5.19. The molecule has 0 aliphatic carbocycles. The highest BCUT2D eigenvalue weighted by Crippen LogP contribution is 2.10. The highest BCUT2D eigenvalue weighted by Gasteiger charge is 1.98. The second-order valence-corrected chi connectivity index (χ2v) is 3.33. The quantitative estimate of drug-likeness (QED) is 0.286. The molecule has 0 heterocycles. The normalized spacial score (nSPS) is 9.94. The molecule has 0 fully saturated rings. The lowest BCUT2D eigenvalue weighted by Crippen LogP contribution is -2.01. The molecule has 0 saturated heterocycles. The van der Waals surface area contributed by atoms with E-state index in [1.165, 1.54) is 0 Å². The van der Waals surface area contributed by atoms with Crippen molar-refractivity contribution in [3.8, 4) is 5.75 Å². The van der Waals surface area contributed by atoms with Gasteiger partial charge in [-0.25, -0.2) is 0 Å². The molecular formula is C12H16O5. The van der Waals surface area contributed by atoms with E-state index >= 15 is 0 Å². The Hall–Kier alpha value is -1.56. The molecule has 0 atom stereocenters. The summed E-state index contributed by atoms with van der Waals surface area (Å²) in [5, 5.41) is 12.7. The third-order valence-corrected chi connectivity index (χ3v) is 1.89. The summed E-state index contributed by atoms with van der Waals surface area (Å²) in [5.74, 6) is 0.955. The Morgan fingerprint density at radius 1 is 1.12 bits per heavy atom. The average Bonchev–Trinajstić information content (AvgIpc) is 2.37. The van der Waals surface area contributed by atoms with Crippen molar-refractivity contribution in [1.82, 2.24) is 0 Å². The van der Waals surface area contributed by atoms with E-state index in [9.17, 15) is 0 Å². The molecule has 0 saturated carbocycles. The van der Waals surface area contributed by atoms with Gasteiger partial charge in [0.1, 0.15) is 5.76 Å². The van der Waals surface area contributed by atoms with Gasteiger partial charge in [-0.3, -0.25) is 0 Å². The van der Waals surface area contributed by atoms with Crippen molar-refractivity contribution < 1.29 is 24.9 Å². The molecule has 0 radical (unpaired) electrons. The number of hydrogen-bond donors (Lipinski definition) is 0. The van der Waals surface area contributed by atoms with Crippen LogP contribution in [0.2, 0.25) is 0 Å². The number of para-hydroxylation sites is 1. The first-order chi connectivity index (χ1) is 8.33. The van der Waals surface area contributed by atoms with Gasteiger partial charge in [0.25, 0.3) is 0 Å². The van der Waals surface area contributed by atoms with Crippen LogP contribution in [0.25, 0.3) is 0 Å². The number of rotatable bonds is 9. The summed E-state index contributed by atoms with van der Waals surface area (Å²) >= 11 is 0. The number of hydrogen-bond acceptors (Lipinski definition) is 5. The maximum absolute atomic E-state index is 4.71. The van der Waals surface area contributed by atoms with Gasteiger partial charge in [-0.1, -0.05) is 38.1 Å². The predicted molar refractivity (Wildman–Crippen MR) is 60.1 cm³/mol. The average molecular weight is 240 g/mol. The molecule has 0 N–H and O–H groups in total. The summed E-state index contributed by atoms with van der Waals surface area (Å²) in [4.78, 5) is 9.37. The highest BCUT2D eigenvalue weighted by atomic mass is 17.8. The number of unbranched alkanes of at least 4 members (excludes halogenated alkanes) is 1. The van der Waals surface area contributed by atoms with Crippen LogP contribution >= 0.6 is 0 Å². The van der Waals surface area contributed by atoms with E-state index < -0.39 is 0 Å². The van der Waals surface area contributed by atoms with Crippen LogP contribution in [0, 0.1) is 0 Å². The third kappa shape index (κ3) is 6.57. The van der Waals surface area contributed by atoms with Gasteiger partial charge < -0.3 is 9.78 Å². The molecule has 1 aromatic rings. The van der Waals surface area contributed by atoms with E-state index in [2.05, 4.69) is 33.5 Å². The predicted octanol–water partition coefficient (Wildman–Crippen LogP) is 3.50. The molecule has 0 aliphatic rings. The molecule has 0 spiro atoms. The van der Waals surface area contributed by atoms with Gasteiger partial charge in [0.2, 0.25) is 0 Å². The van der Waals surface area contributed by atoms with Crippen LogP contribution < -0.4 is 4.89 Å². The van der Waals surface area contributed by atoms with E-state index in [-0.39, 0.29) is 0 Å². The molecule has 5 heteroatoms. The molecule has 94 valence electrons. The van der Waals surface area contributed by atoms with Crippen LogP contribution in [0.5, 0.6) is 5.75 Å². The van der Waals surface area contributed by atoms with Crippen LogP contribution in [0.15, 0.2) is 42.7 Å². The minimum atomic E-state index is 0.468. The van der Waals surface area contributed by atoms with Crippen molar-refractivity contribution in [2.45, 2.75) is 26.2 Å². The Kier molecular flexibility index (Phi) is 6.81. The first kappa shape index (κ1) is 13.5. The van der Waals surface area contributed by atoms with E-state index in [1.54, 1.807) is 24.3 Å². The third-order valence-electron chi connectivity index (χ3n) is 1.89. The Morgan fingerprint density at radius 2 is 1.88 bits per heavy atom. The zero-order valence-electron chi connectivity index (χ0n) is 9.76. The largest absolute Gasteiger partial charge is 0.311 e. The lowest BCUT2D eigenvalue weighted by atomic mass is 10.2. The second kappa shape index (κ2) is 8.58. The molecule has 0 unspecified atom stereocenters. The van der Waals surface area contributed by atoms with Crippen molar-refractivity contribution in [3.05, 3.63) is 42.7 Å². The van der Waals surface area contributed by atoms with E-state index in [4.69, 9.17) is 4.89 Å². The standard InChI is InChI=1S/C12H16O5/c1-3-4-8-11(2)13-15-17-16-14-12-9-6-5-7-10-12/h5-7,9-10H,2-4,8H2,1H3. The van der Waals surface area contributed by atoms with Gasteiger partial charge in [-0.2, -0.15) is 0 Å². The number of allylic oxidation sites excluding steroid dienone is 1. The summed E-state index contributed by atoms with van der Waals surface area (Å²) < 4.78 is 0. The Labute approximate surface area is 100 Å². The van der Waals surface area contributed by atoms with Gasteiger partial charge >= 0.3 is 0 Å². The fraction of sp³-hybridized carbons (Fsp3) is 0.333. The molecule has 0 amide bonds. The van der Waals surface area contributed by atoms with Crippen LogP contribution in [-0.2, 0) is 20.0 Å². The topological polar surface area (TPSA) is 46.2 Å². The minimum absolute atomic E-state index is 0.468. The SMILES string of the molecule is C=C(CCCC)OOOOOc1ccccc1.